The minimum atomic E-state index is 0.196. The Morgan fingerprint density at radius 1 is 1.17 bits per heavy atom. The van der Waals surface area contributed by atoms with Crippen molar-refractivity contribution in [3.63, 3.8) is 0 Å². The minimum absolute atomic E-state index is 0.196. The van der Waals surface area contributed by atoms with Crippen LogP contribution in [0.1, 0.15) is 22.2 Å². The summed E-state index contributed by atoms with van der Waals surface area (Å²) in [6.45, 7) is 7.94. The van der Waals surface area contributed by atoms with E-state index in [9.17, 15) is 4.79 Å². The lowest BCUT2D eigenvalue weighted by Crippen LogP contribution is -2.49. The lowest BCUT2D eigenvalue weighted by atomic mass is 10.1. The number of piperazine rings is 1. The third-order valence-electron chi connectivity index (χ3n) is 4.72. The average molecular weight is 346 g/mol. The first kappa shape index (κ1) is 17.4. The Hall–Kier alpha value is -1.43. The van der Waals surface area contributed by atoms with E-state index >= 15 is 0 Å². The molecule has 0 N–H and O–H groups in total. The van der Waals surface area contributed by atoms with Crippen LogP contribution < -0.4 is 0 Å². The molecule has 1 aromatic heterocycles. The Labute approximate surface area is 148 Å². The fourth-order valence-corrected chi connectivity index (χ4v) is 4.10. The molecule has 0 radical (unpaired) electrons. The van der Waals surface area contributed by atoms with E-state index in [-0.39, 0.29) is 5.91 Å². The third-order valence-corrected chi connectivity index (χ3v) is 5.83. The predicted octanol–water partition coefficient (Wildman–Crippen LogP) is 2.78. The van der Waals surface area contributed by atoms with Crippen molar-refractivity contribution in [1.82, 2.24) is 14.7 Å². The van der Waals surface area contributed by atoms with E-state index in [1.165, 1.54) is 15.6 Å². The molecular weight excluding hydrogens is 318 g/mol. The second kappa shape index (κ2) is 7.64. The smallest absolute Gasteiger partial charge is 0.264 e. The molecule has 2 aromatic rings. The summed E-state index contributed by atoms with van der Waals surface area (Å²) in [5, 5.41) is 1.20. The fourth-order valence-electron chi connectivity index (χ4n) is 3.09. The number of amides is 1. The second-order valence-electron chi connectivity index (χ2n) is 6.77. The van der Waals surface area contributed by atoms with E-state index in [1.54, 1.807) is 11.3 Å². The maximum Gasteiger partial charge on any atom is 0.264 e. The van der Waals surface area contributed by atoms with Gasteiger partial charge in [-0.15, -0.1) is 11.3 Å². The highest BCUT2D eigenvalue weighted by atomic mass is 32.1. The van der Waals surface area contributed by atoms with Crippen LogP contribution in [-0.2, 0) is 6.42 Å². The predicted molar refractivity (Wildman–Crippen MR) is 102 cm³/mol. The number of benzene rings is 1. The monoisotopic (exact) mass is 345 g/mol. The van der Waals surface area contributed by atoms with Crippen LogP contribution in [0.5, 0.6) is 0 Å². The summed E-state index contributed by atoms with van der Waals surface area (Å²) < 4.78 is 1.21. The molecule has 1 aromatic carbocycles. The lowest BCUT2D eigenvalue weighted by molar-refractivity contribution is 0.0634. The topological polar surface area (TPSA) is 26.8 Å². The number of thiophene rings is 1. The largest absolute Gasteiger partial charge is 0.335 e. The number of hydrogen-bond donors (Lipinski definition) is 0. The van der Waals surface area contributed by atoms with Crippen molar-refractivity contribution in [3.05, 3.63) is 34.7 Å². The quantitative estimate of drug-likeness (QED) is 0.834. The SMILES string of the molecule is CCc1ccc2sc(C(=O)N3CCN(CCN(C)C)CC3)cc2c1. The molecule has 0 bridgehead atoms. The standard InChI is InChI=1S/C19H27N3OS/c1-4-15-5-6-17-16(13-15)14-18(24-17)19(23)22-11-9-21(10-12-22)8-7-20(2)3/h5-6,13-14H,4,7-12H2,1-3H3. The summed E-state index contributed by atoms with van der Waals surface area (Å²) in [5.41, 5.74) is 1.33. The highest BCUT2D eigenvalue weighted by Gasteiger charge is 2.23. The maximum absolute atomic E-state index is 12.8. The van der Waals surface area contributed by atoms with Crippen LogP contribution in [0.3, 0.4) is 0 Å². The van der Waals surface area contributed by atoms with Crippen molar-refractivity contribution in [2.45, 2.75) is 13.3 Å². The van der Waals surface area contributed by atoms with Crippen LogP contribution in [0.2, 0.25) is 0 Å². The summed E-state index contributed by atoms with van der Waals surface area (Å²) >= 11 is 1.62. The van der Waals surface area contributed by atoms with Gasteiger partial charge in [-0.2, -0.15) is 0 Å². The number of aryl methyl sites for hydroxylation is 1. The number of carbonyl (C=O) groups excluding carboxylic acids is 1. The van der Waals surface area contributed by atoms with Crippen molar-refractivity contribution in [2.75, 3.05) is 53.4 Å². The van der Waals surface area contributed by atoms with Gasteiger partial charge >= 0.3 is 0 Å². The number of fused-ring (bicyclic) bond motifs is 1. The molecule has 2 heterocycles. The highest BCUT2D eigenvalue weighted by molar-refractivity contribution is 7.20. The first-order chi connectivity index (χ1) is 11.6. The van der Waals surface area contributed by atoms with Gasteiger partial charge in [-0.3, -0.25) is 9.69 Å². The van der Waals surface area contributed by atoms with E-state index in [1.807, 2.05) is 4.90 Å². The molecule has 1 aliphatic rings. The molecule has 24 heavy (non-hydrogen) atoms. The zero-order chi connectivity index (χ0) is 17.1. The molecular formula is C19H27N3OS. The van der Waals surface area contributed by atoms with Gasteiger partial charge in [-0.1, -0.05) is 19.1 Å². The van der Waals surface area contributed by atoms with Gasteiger partial charge in [0.25, 0.3) is 5.91 Å². The molecule has 1 saturated heterocycles. The first-order valence-electron chi connectivity index (χ1n) is 8.75. The fraction of sp³-hybridized carbons (Fsp3) is 0.526. The van der Waals surface area contributed by atoms with E-state index < -0.39 is 0 Å². The minimum Gasteiger partial charge on any atom is -0.335 e. The summed E-state index contributed by atoms with van der Waals surface area (Å²) in [7, 11) is 4.20. The van der Waals surface area contributed by atoms with Crippen LogP contribution in [0.25, 0.3) is 10.1 Å². The van der Waals surface area contributed by atoms with Crippen LogP contribution >= 0.6 is 11.3 Å². The molecule has 0 saturated carbocycles. The van der Waals surface area contributed by atoms with Crippen LogP contribution in [0.4, 0.5) is 0 Å². The molecule has 1 amide bonds. The Kier molecular flexibility index (Phi) is 5.54. The Morgan fingerprint density at radius 2 is 1.92 bits per heavy atom. The molecule has 3 rings (SSSR count). The molecule has 0 atom stereocenters. The molecule has 0 spiro atoms. The van der Waals surface area contributed by atoms with E-state index in [0.717, 1.165) is 50.6 Å². The third kappa shape index (κ3) is 3.97. The summed E-state index contributed by atoms with van der Waals surface area (Å²) in [6, 6.07) is 8.59. The zero-order valence-electron chi connectivity index (χ0n) is 14.9. The number of nitrogens with zero attached hydrogens (tertiary/aromatic N) is 3. The van der Waals surface area contributed by atoms with Gasteiger partial charge in [0.2, 0.25) is 0 Å². The maximum atomic E-state index is 12.8. The number of hydrogen-bond acceptors (Lipinski definition) is 4. The van der Waals surface area contributed by atoms with Crippen molar-refractivity contribution in [2.24, 2.45) is 0 Å². The molecule has 0 unspecified atom stereocenters. The van der Waals surface area contributed by atoms with Crippen molar-refractivity contribution in [3.8, 4) is 0 Å². The normalized spacial score (nSPS) is 16.2. The van der Waals surface area contributed by atoms with Gasteiger partial charge in [0.15, 0.2) is 0 Å². The van der Waals surface area contributed by atoms with Gasteiger partial charge in [-0.25, -0.2) is 0 Å². The molecule has 0 aliphatic carbocycles. The Balaban J connectivity index is 1.63. The molecule has 1 aliphatic heterocycles. The number of likely N-dealkylation sites (N-methyl/N-ethyl adjacent to an activating group) is 1. The Bertz CT molecular complexity index is 702. The number of carbonyl (C=O) groups is 1. The first-order valence-corrected chi connectivity index (χ1v) is 9.57. The van der Waals surface area contributed by atoms with Crippen LogP contribution in [0.15, 0.2) is 24.3 Å². The van der Waals surface area contributed by atoms with Gasteiger partial charge in [-0.05, 0) is 43.6 Å². The molecule has 130 valence electrons. The van der Waals surface area contributed by atoms with Gasteiger partial charge in [0.05, 0.1) is 4.88 Å². The highest BCUT2D eigenvalue weighted by Crippen LogP contribution is 2.28. The van der Waals surface area contributed by atoms with Crippen LogP contribution in [0, 0.1) is 0 Å². The summed E-state index contributed by atoms with van der Waals surface area (Å²) in [6.07, 6.45) is 1.03. The molecule has 4 nitrogen and oxygen atoms in total. The van der Waals surface area contributed by atoms with E-state index in [0.29, 0.717) is 0 Å². The van der Waals surface area contributed by atoms with Gasteiger partial charge < -0.3 is 9.80 Å². The number of rotatable bonds is 5. The van der Waals surface area contributed by atoms with Crippen molar-refractivity contribution < 1.29 is 4.79 Å². The Morgan fingerprint density at radius 3 is 2.58 bits per heavy atom. The summed E-state index contributed by atoms with van der Waals surface area (Å²) in [5.74, 6) is 0.196. The van der Waals surface area contributed by atoms with Crippen molar-refractivity contribution >= 4 is 27.3 Å². The van der Waals surface area contributed by atoms with E-state index in [2.05, 4.69) is 55.1 Å². The van der Waals surface area contributed by atoms with E-state index in [4.69, 9.17) is 0 Å². The average Bonchev–Trinajstić information content (AvgIpc) is 3.02. The second-order valence-corrected chi connectivity index (χ2v) is 7.86. The molecule has 1 fully saturated rings. The van der Waals surface area contributed by atoms with Crippen molar-refractivity contribution in [1.29, 1.82) is 0 Å². The molecule has 5 heteroatoms. The lowest BCUT2D eigenvalue weighted by Gasteiger charge is -2.35. The summed E-state index contributed by atoms with van der Waals surface area (Å²) in [4.78, 5) is 20.3. The van der Waals surface area contributed by atoms with Crippen LogP contribution in [-0.4, -0.2) is 74.0 Å². The van der Waals surface area contributed by atoms with Gasteiger partial charge in [0.1, 0.15) is 0 Å². The zero-order valence-corrected chi connectivity index (χ0v) is 15.7. The van der Waals surface area contributed by atoms with Gasteiger partial charge in [0, 0.05) is 44.0 Å².